The van der Waals surface area contributed by atoms with Gasteiger partial charge in [-0.15, -0.1) is 0 Å². The van der Waals surface area contributed by atoms with Crippen molar-refractivity contribution in [2.75, 3.05) is 25.1 Å². The molecular formula is C14H20BrNO4S. The van der Waals surface area contributed by atoms with Crippen LogP contribution in [0.2, 0.25) is 0 Å². The summed E-state index contributed by atoms with van der Waals surface area (Å²) < 4.78 is 38.1. The lowest BCUT2D eigenvalue weighted by atomic mass is 10.0. The molecule has 0 amide bonds. The maximum Gasteiger partial charge on any atom is 0.240 e. The molecular weight excluding hydrogens is 358 g/mol. The van der Waals surface area contributed by atoms with Crippen molar-refractivity contribution < 1.29 is 17.9 Å². The molecule has 0 fully saturated rings. The molecule has 0 spiro atoms. The summed E-state index contributed by atoms with van der Waals surface area (Å²) in [6.07, 6.45) is 1.88. The minimum Gasteiger partial charge on any atom is -0.486 e. The molecule has 1 aromatic rings. The first-order valence-corrected chi connectivity index (χ1v) is 9.62. The van der Waals surface area contributed by atoms with Crippen molar-refractivity contribution in [2.24, 2.45) is 5.92 Å². The summed E-state index contributed by atoms with van der Waals surface area (Å²) >= 11 is 3.39. The Kier molecular flexibility index (Phi) is 5.89. The molecule has 21 heavy (non-hydrogen) atoms. The van der Waals surface area contributed by atoms with E-state index < -0.39 is 10.0 Å². The molecule has 0 radical (unpaired) electrons. The van der Waals surface area contributed by atoms with Gasteiger partial charge < -0.3 is 9.47 Å². The minimum atomic E-state index is -3.52. The highest BCUT2D eigenvalue weighted by Crippen LogP contribution is 2.32. The second-order valence-corrected chi connectivity index (χ2v) is 7.47. The van der Waals surface area contributed by atoms with Gasteiger partial charge in [0.25, 0.3) is 0 Å². The van der Waals surface area contributed by atoms with Crippen LogP contribution in [0.15, 0.2) is 23.1 Å². The molecule has 0 saturated carbocycles. The molecule has 1 heterocycles. The van der Waals surface area contributed by atoms with Crippen molar-refractivity contribution in [1.29, 1.82) is 0 Å². The molecule has 1 N–H and O–H groups in total. The molecule has 1 aliphatic heterocycles. The number of halogens is 1. The smallest absolute Gasteiger partial charge is 0.240 e. The Balaban J connectivity index is 2.08. The van der Waals surface area contributed by atoms with Crippen molar-refractivity contribution in [3.8, 4) is 11.5 Å². The molecule has 0 saturated heterocycles. The molecule has 2 rings (SSSR count). The molecule has 1 aromatic carbocycles. The number of hydrogen-bond acceptors (Lipinski definition) is 4. The van der Waals surface area contributed by atoms with E-state index in [0.717, 1.165) is 18.2 Å². The van der Waals surface area contributed by atoms with Crippen LogP contribution in [0.4, 0.5) is 0 Å². The fourth-order valence-corrected chi connectivity index (χ4v) is 3.89. The Morgan fingerprint density at radius 3 is 2.67 bits per heavy atom. The van der Waals surface area contributed by atoms with Gasteiger partial charge in [-0.3, -0.25) is 0 Å². The Labute approximate surface area is 134 Å². The summed E-state index contributed by atoms with van der Waals surface area (Å²) in [5.74, 6) is 1.40. The highest BCUT2D eigenvalue weighted by Gasteiger charge is 2.20. The molecule has 5 nitrogen and oxygen atoms in total. The van der Waals surface area contributed by atoms with Gasteiger partial charge in [0, 0.05) is 17.9 Å². The SMILES string of the molecule is CCC(CCBr)CNS(=O)(=O)c1ccc2c(c1)OCCO2. The molecule has 118 valence electrons. The van der Waals surface area contributed by atoms with E-state index in [1.165, 1.54) is 6.07 Å². The number of hydrogen-bond donors (Lipinski definition) is 1. The standard InChI is InChI=1S/C14H20BrNO4S/c1-2-11(5-6-15)10-16-21(17,18)12-3-4-13-14(9-12)20-8-7-19-13/h3-4,9,11,16H,2,5-8,10H2,1H3. The van der Waals surface area contributed by atoms with Crippen LogP contribution in [-0.2, 0) is 10.0 Å². The van der Waals surface area contributed by atoms with E-state index in [-0.39, 0.29) is 4.90 Å². The Bertz CT molecular complexity index is 576. The van der Waals surface area contributed by atoms with Crippen LogP contribution < -0.4 is 14.2 Å². The van der Waals surface area contributed by atoms with Crippen molar-refractivity contribution >= 4 is 26.0 Å². The van der Waals surface area contributed by atoms with Gasteiger partial charge in [-0.1, -0.05) is 29.3 Å². The lowest BCUT2D eigenvalue weighted by Crippen LogP contribution is -2.29. The largest absolute Gasteiger partial charge is 0.486 e. The van der Waals surface area contributed by atoms with Gasteiger partial charge in [-0.25, -0.2) is 13.1 Å². The Morgan fingerprint density at radius 2 is 2.00 bits per heavy atom. The second kappa shape index (κ2) is 7.47. The third kappa shape index (κ3) is 4.34. The van der Waals surface area contributed by atoms with Crippen molar-refractivity contribution in [3.05, 3.63) is 18.2 Å². The number of benzene rings is 1. The van der Waals surface area contributed by atoms with Gasteiger partial charge >= 0.3 is 0 Å². The van der Waals surface area contributed by atoms with E-state index in [1.807, 2.05) is 0 Å². The molecule has 1 aliphatic rings. The normalized spacial score (nSPS) is 15.7. The topological polar surface area (TPSA) is 64.6 Å². The van der Waals surface area contributed by atoms with Crippen LogP contribution in [0.3, 0.4) is 0 Å². The fourth-order valence-electron chi connectivity index (χ4n) is 2.11. The van der Waals surface area contributed by atoms with E-state index >= 15 is 0 Å². The van der Waals surface area contributed by atoms with Gasteiger partial charge in [0.2, 0.25) is 10.0 Å². The minimum absolute atomic E-state index is 0.209. The average Bonchev–Trinajstić information content (AvgIpc) is 2.51. The summed E-state index contributed by atoms with van der Waals surface area (Å²) in [7, 11) is -3.52. The van der Waals surface area contributed by atoms with Gasteiger partial charge in [0.05, 0.1) is 4.90 Å². The lowest BCUT2D eigenvalue weighted by molar-refractivity contribution is 0.171. The molecule has 7 heteroatoms. The number of nitrogens with one attached hydrogen (secondary N) is 1. The van der Waals surface area contributed by atoms with Gasteiger partial charge in [-0.2, -0.15) is 0 Å². The van der Waals surface area contributed by atoms with E-state index in [1.54, 1.807) is 12.1 Å². The van der Waals surface area contributed by atoms with Crippen LogP contribution in [0, 0.1) is 5.92 Å². The number of rotatable bonds is 7. The number of alkyl halides is 1. The zero-order chi connectivity index (χ0) is 15.3. The summed E-state index contributed by atoms with van der Waals surface area (Å²) in [5, 5.41) is 0.872. The van der Waals surface area contributed by atoms with Crippen molar-refractivity contribution in [1.82, 2.24) is 4.72 Å². The van der Waals surface area contributed by atoms with Crippen molar-refractivity contribution in [2.45, 2.75) is 24.7 Å². The number of ether oxygens (including phenoxy) is 2. The number of sulfonamides is 1. The lowest BCUT2D eigenvalue weighted by Gasteiger charge is -2.19. The summed E-state index contributed by atoms with van der Waals surface area (Å²) in [5.41, 5.74) is 0. The van der Waals surface area contributed by atoms with Gasteiger partial charge in [0.1, 0.15) is 13.2 Å². The van der Waals surface area contributed by atoms with E-state index in [2.05, 4.69) is 27.6 Å². The zero-order valence-electron chi connectivity index (χ0n) is 12.0. The Morgan fingerprint density at radius 1 is 1.29 bits per heavy atom. The average molecular weight is 378 g/mol. The molecule has 1 atom stereocenters. The summed E-state index contributed by atoms with van der Waals surface area (Å²) in [4.78, 5) is 0.209. The molecule has 0 bridgehead atoms. The van der Waals surface area contributed by atoms with Crippen LogP contribution >= 0.6 is 15.9 Å². The fraction of sp³-hybridized carbons (Fsp3) is 0.571. The maximum atomic E-state index is 12.3. The van der Waals surface area contributed by atoms with Gasteiger partial charge in [0.15, 0.2) is 11.5 Å². The first-order chi connectivity index (χ1) is 10.1. The first kappa shape index (κ1) is 16.6. The van der Waals surface area contributed by atoms with E-state index in [0.29, 0.717) is 37.2 Å². The predicted octanol–water partition coefficient (Wildman–Crippen LogP) is 2.55. The highest BCUT2D eigenvalue weighted by atomic mass is 79.9. The second-order valence-electron chi connectivity index (χ2n) is 4.91. The monoisotopic (exact) mass is 377 g/mol. The molecule has 1 unspecified atom stereocenters. The predicted molar refractivity (Wildman–Crippen MR) is 84.8 cm³/mol. The molecule has 0 aromatic heterocycles. The van der Waals surface area contributed by atoms with Crippen molar-refractivity contribution in [3.63, 3.8) is 0 Å². The van der Waals surface area contributed by atoms with E-state index in [4.69, 9.17) is 9.47 Å². The number of fused-ring (bicyclic) bond motifs is 1. The Hall–Kier alpha value is -0.790. The maximum absolute atomic E-state index is 12.3. The van der Waals surface area contributed by atoms with Crippen LogP contribution in [0.5, 0.6) is 11.5 Å². The quantitative estimate of drug-likeness (QED) is 0.741. The van der Waals surface area contributed by atoms with Gasteiger partial charge in [-0.05, 0) is 24.5 Å². The summed E-state index contributed by atoms with van der Waals surface area (Å²) in [6.45, 7) is 3.43. The summed E-state index contributed by atoms with van der Waals surface area (Å²) in [6, 6.07) is 4.70. The first-order valence-electron chi connectivity index (χ1n) is 7.02. The third-order valence-corrected chi connectivity index (χ3v) is 5.36. The highest BCUT2D eigenvalue weighted by molar-refractivity contribution is 9.09. The van der Waals surface area contributed by atoms with E-state index in [9.17, 15) is 8.42 Å². The van der Waals surface area contributed by atoms with Crippen LogP contribution in [-0.4, -0.2) is 33.5 Å². The molecule has 0 aliphatic carbocycles. The van der Waals surface area contributed by atoms with Crippen LogP contribution in [0.1, 0.15) is 19.8 Å². The zero-order valence-corrected chi connectivity index (χ0v) is 14.4. The third-order valence-electron chi connectivity index (χ3n) is 3.48. The van der Waals surface area contributed by atoms with Crippen LogP contribution in [0.25, 0.3) is 0 Å².